The molecule has 1 saturated heterocycles. The fourth-order valence-corrected chi connectivity index (χ4v) is 10.6. The quantitative estimate of drug-likeness (QED) is 0.0608. The number of hydrogen-bond donors (Lipinski definition) is 0. The standard InChI is InChI=1S/C60H82I2N8O12/c1-35(2)23-47-57(75)79-39(9)53(71)65(11)50(26-38(7)8)60(78)82-52(28-42-17-21-44(22-18-42)32-70-34-46(62)30-64-70)56(74)68(14)48(24-36(3)4)58(76)80-40(10)54(72)66(12)49(25-37(5)6)59(77)81-51(55(73)67(47)13)27-41-15-19-43(20-16-41)31-69-33-45(61)29-63-69/h15-22,29-30,33-40,47-52H,23-28,31-32H2,1-14H3/t39-,40-,47+,48+,49+,50+,51-,52-/m1/s1. The van der Waals surface area contributed by atoms with E-state index in [2.05, 4.69) is 55.4 Å². The predicted molar refractivity (Wildman–Crippen MR) is 323 cm³/mol. The summed E-state index contributed by atoms with van der Waals surface area (Å²) < 4.78 is 29.8. The number of benzene rings is 2. The Hall–Kier alpha value is -5.92. The van der Waals surface area contributed by atoms with E-state index >= 15 is 9.59 Å². The molecule has 5 rings (SSSR count). The Labute approximate surface area is 509 Å². The van der Waals surface area contributed by atoms with Crippen molar-refractivity contribution >= 4 is 92.7 Å². The molecule has 4 amide bonds. The third-order valence-corrected chi connectivity index (χ3v) is 15.4. The molecule has 0 bridgehead atoms. The number of esters is 4. The lowest BCUT2D eigenvalue weighted by molar-refractivity contribution is -0.176. The Kier molecular flexibility index (Phi) is 24.9. The molecule has 82 heavy (non-hydrogen) atoms. The first-order valence-electron chi connectivity index (χ1n) is 27.9. The van der Waals surface area contributed by atoms with E-state index in [4.69, 9.17) is 18.9 Å². The Morgan fingerprint density at radius 2 is 0.671 bits per heavy atom. The molecule has 0 N–H and O–H groups in total. The molecule has 0 saturated carbocycles. The SMILES string of the molecule is CC(C)C[C@H]1C(=O)O[C@H](Cc2ccc(Cn3cc(I)cn3)cc2)C(=O)N(C)[C@@H](CC(C)C)C(=O)O[C@H](C)C(=O)N(C)[C@@H](CC(C)C)C(=O)O[C@H](Cc2ccc(Cn3cc(I)cn3)cc2)C(=O)N(C)[C@@H](CC(C)C)C(=O)O[C@H](C)C(=O)N1C. The average Bonchev–Trinajstić information content (AvgIpc) is 4.03. The summed E-state index contributed by atoms with van der Waals surface area (Å²) in [5.41, 5.74) is 3.07. The minimum Gasteiger partial charge on any atom is -0.451 e. The maximum Gasteiger partial charge on any atom is 0.329 e. The van der Waals surface area contributed by atoms with Crippen molar-refractivity contribution in [3.8, 4) is 0 Å². The number of amides is 4. The second-order valence-electron chi connectivity index (χ2n) is 23.1. The molecule has 0 aliphatic carbocycles. The second-order valence-corrected chi connectivity index (χ2v) is 25.6. The highest BCUT2D eigenvalue weighted by atomic mass is 127. The first-order valence-corrected chi connectivity index (χ1v) is 30.1. The Morgan fingerprint density at radius 1 is 0.415 bits per heavy atom. The molecule has 0 spiro atoms. The highest BCUT2D eigenvalue weighted by molar-refractivity contribution is 14.1. The van der Waals surface area contributed by atoms with E-state index in [1.807, 2.05) is 116 Å². The third kappa shape index (κ3) is 19.1. The molecule has 22 heteroatoms. The van der Waals surface area contributed by atoms with E-state index in [-0.39, 0.29) is 62.2 Å². The van der Waals surface area contributed by atoms with Crippen LogP contribution in [0.5, 0.6) is 0 Å². The normalized spacial score (nSPS) is 23.0. The second kappa shape index (κ2) is 30.6. The zero-order valence-electron chi connectivity index (χ0n) is 49.7. The number of halogens is 2. The van der Waals surface area contributed by atoms with Crippen LogP contribution < -0.4 is 0 Å². The minimum absolute atomic E-state index is 0.0834. The van der Waals surface area contributed by atoms with Crippen molar-refractivity contribution in [1.82, 2.24) is 39.2 Å². The van der Waals surface area contributed by atoms with E-state index in [0.29, 0.717) is 24.2 Å². The van der Waals surface area contributed by atoms with E-state index in [1.165, 1.54) is 42.0 Å². The average molecular weight is 1360 g/mol. The highest BCUT2D eigenvalue weighted by Crippen LogP contribution is 2.25. The monoisotopic (exact) mass is 1360 g/mol. The molecule has 0 unspecified atom stereocenters. The van der Waals surface area contributed by atoms with Crippen LogP contribution in [0.3, 0.4) is 0 Å². The van der Waals surface area contributed by atoms with Gasteiger partial charge >= 0.3 is 23.9 Å². The van der Waals surface area contributed by atoms with Gasteiger partial charge in [-0.2, -0.15) is 10.2 Å². The van der Waals surface area contributed by atoms with Gasteiger partial charge in [0.1, 0.15) is 24.2 Å². The fraction of sp³-hybridized carbons (Fsp3) is 0.567. The molecule has 448 valence electrons. The van der Waals surface area contributed by atoms with E-state index in [1.54, 1.807) is 21.8 Å². The lowest BCUT2D eigenvalue weighted by Crippen LogP contribution is -2.55. The van der Waals surface area contributed by atoms with Gasteiger partial charge < -0.3 is 38.5 Å². The van der Waals surface area contributed by atoms with Gasteiger partial charge in [0.05, 0.1) is 32.6 Å². The lowest BCUT2D eigenvalue weighted by atomic mass is 9.99. The molecule has 3 heterocycles. The van der Waals surface area contributed by atoms with Crippen molar-refractivity contribution in [2.75, 3.05) is 28.2 Å². The number of ether oxygens (including phenoxy) is 4. The van der Waals surface area contributed by atoms with Gasteiger partial charge in [0, 0.05) is 53.4 Å². The summed E-state index contributed by atoms with van der Waals surface area (Å²) in [6, 6.07) is 9.59. The van der Waals surface area contributed by atoms with Crippen molar-refractivity contribution in [1.29, 1.82) is 0 Å². The molecular formula is C60H82I2N8O12. The molecule has 20 nitrogen and oxygen atoms in total. The van der Waals surface area contributed by atoms with Crippen LogP contribution in [0.2, 0.25) is 0 Å². The summed E-state index contributed by atoms with van der Waals surface area (Å²) in [5.74, 6) is -7.42. The zero-order chi connectivity index (χ0) is 60.9. The molecule has 1 aliphatic heterocycles. The van der Waals surface area contributed by atoms with Gasteiger partial charge in [0.2, 0.25) is 0 Å². The number of hydrogen-bond acceptors (Lipinski definition) is 14. The summed E-state index contributed by atoms with van der Waals surface area (Å²) in [6.07, 6.45) is 1.34. The van der Waals surface area contributed by atoms with Crippen molar-refractivity contribution in [2.24, 2.45) is 23.7 Å². The van der Waals surface area contributed by atoms with Crippen LogP contribution >= 0.6 is 45.2 Å². The molecule has 4 aromatic rings. The van der Waals surface area contributed by atoms with Gasteiger partial charge in [0.15, 0.2) is 24.4 Å². The summed E-state index contributed by atoms with van der Waals surface area (Å²) in [4.78, 5) is 122. The topological polar surface area (TPSA) is 222 Å². The zero-order valence-corrected chi connectivity index (χ0v) is 54.1. The van der Waals surface area contributed by atoms with E-state index in [9.17, 15) is 28.8 Å². The van der Waals surface area contributed by atoms with Gasteiger partial charge in [-0.15, -0.1) is 0 Å². The summed E-state index contributed by atoms with van der Waals surface area (Å²) in [7, 11) is 5.58. The van der Waals surface area contributed by atoms with E-state index in [0.717, 1.165) is 37.9 Å². The van der Waals surface area contributed by atoms with Crippen LogP contribution in [0, 0.1) is 30.8 Å². The number of cyclic esters (lactones) is 4. The maximum absolute atomic E-state index is 15.0. The summed E-state index contributed by atoms with van der Waals surface area (Å²) in [5, 5.41) is 8.74. The van der Waals surface area contributed by atoms with Crippen LogP contribution in [0.4, 0.5) is 0 Å². The Bertz CT molecular complexity index is 2630. The molecule has 1 aliphatic rings. The van der Waals surface area contributed by atoms with Crippen LogP contribution in [-0.4, -0.2) is 163 Å². The predicted octanol–water partition coefficient (Wildman–Crippen LogP) is 7.36. The lowest BCUT2D eigenvalue weighted by Gasteiger charge is -2.35. The molecule has 2 aromatic carbocycles. The number of carbonyl (C=O) groups is 8. The van der Waals surface area contributed by atoms with Crippen molar-refractivity contribution in [3.05, 3.63) is 103 Å². The van der Waals surface area contributed by atoms with Crippen molar-refractivity contribution in [2.45, 2.75) is 169 Å². The first kappa shape index (κ1) is 66.9. The number of aromatic nitrogens is 4. The minimum atomic E-state index is -1.53. The van der Waals surface area contributed by atoms with Crippen LogP contribution in [0.25, 0.3) is 0 Å². The Morgan fingerprint density at radius 3 is 0.927 bits per heavy atom. The molecule has 8 atom stereocenters. The molecule has 0 radical (unpaired) electrons. The Balaban J connectivity index is 1.59. The van der Waals surface area contributed by atoms with Crippen LogP contribution in [0.15, 0.2) is 73.3 Å². The van der Waals surface area contributed by atoms with Gasteiger partial charge in [0.25, 0.3) is 23.6 Å². The highest BCUT2D eigenvalue weighted by Gasteiger charge is 2.43. The van der Waals surface area contributed by atoms with Gasteiger partial charge in [-0.25, -0.2) is 19.2 Å². The summed E-state index contributed by atoms with van der Waals surface area (Å²) >= 11 is 4.36. The number of likely N-dealkylation sites (N-methyl/N-ethyl adjacent to an activating group) is 4. The van der Waals surface area contributed by atoms with Gasteiger partial charge in [-0.1, -0.05) is 104 Å². The van der Waals surface area contributed by atoms with Crippen LogP contribution in [-0.2, 0) is 83.2 Å². The summed E-state index contributed by atoms with van der Waals surface area (Å²) in [6.45, 7) is 18.5. The van der Waals surface area contributed by atoms with Gasteiger partial charge in [-0.3, -0.25) is 28.5 Å². The number of carbonyl (C=O) groups excluding carboxylic acids is 8. The molecule has 2 aromatic heterocycles. The van der Waals surface area contributed by atoms with Crippen molar-refractivity contribution in [3.63, 3.8) is 0 Å². The van der Waals surface area contributed by atoms with Gasteiger partial charge in [-0.05, 0) is 131 Å². The first-order chi connectivity index (χ1) is 38.5. The van der Waals surface area contributed by atoms with Crippen LogP contribution in [0.1, 0.15) is 117 Å². The smallest absolute Gasteiger partial charge is 0.329 e. The third-order valence-electron chi connectivity index (χ3n) is 14.3. The van der Waals surface area contributed by atoms with Crippen molar-refractivity contribution < 1.29 is 57.3 Å². The number of rotatable bonds is 16. The largest absolute Gasteiger partial charge is 0.451 e. The fourth-order valence-electron chi connectivity index (χ4n) is 9.69. The molecular weight excluding hydrogens is 1280 g/mol. The number of nitrogens with zero attached hydrogens (tertiary/aromatic N) is 8. The maximum atomic E-state index is 15.0. The molecule has 1 fully saturated rings. The van der Waals surface area contributed by atoms with E-state index < -0.39 is 96.1 Å².